The predicted molar refractivity (Wildman–Crippen MR) is 92.4 cm³/mol. The van der Waals surface area contributed by atoms with Gasteiger partial charge in [0.2, 0.25) is 0 Å². The maximum Gasteiger partial charge on any atom is 0.276 e. The quantitative estimate of drug-likeness (QED) is 0.738. The smallest absolute Gasteiger partial charge is 0.276 e. The van der Waals surface area contributed by atoms with Gasteiger partial charge in [0.25, 0.3) is 5.91 Å². The van der Waals surface area contributed by atoms with Crippen LogP contribution in [0, 0.1) is 0 Å². The molecule has 1 aliphatic heterocycles. The van der Waals surface area contributed by atoms with Crippen molar-refractivity contribution in [3.05, 3.63) is 78.1 Å². The lowest BCUT2D eigenvalue weighted by Gasteiger charge is -2.32. The molecule has 6 heteroatoms. The highest BCUT2D eigenvalue weighted by Crippen LogP contribution is 2.22. The van der Waals surface area contributed by atoms with E-state index in [2.05, 4.69) is 10.3 Å². The topological polar surface area (TPSA) is 60.2 Å². The fourth-order valence-corrected chi connectivity index (χ4v) is 2.93. The first-order valence-electron chi connectivity index (χ1n) is 8.25. The van der Waals surface area contributed by atoms with Gasteiger partial charge in [0.15, 0.2) is 5.69 Å². The normalized spacial score (nSPS) is 17.4. The van der Waals surface area contributed by atoms with Crippen molar-refractivity contribution >= 4 is 5.91 Å². The van der Waals surface area contributed by atoms with E-state index in [0.717, 1.165) is 11.3 Å². The molecule has 0 saturated carbocycles. The maximum absolute atomic E-state index is 12.8. The maximum atomic E-state index is 12.8. The Balaban J connectivity index is 1.50. The van der Waals surface area contributed by atoms with Crippen LogP contribution >= 0.6 is 0 Å². The van der Waals surface area contributed by atoms with Gasteiger partial charge in [-0.3, -0.25) is 4.79 Å². The Labute approximate surface area is 145 Å². The van der Waals surface area contributed by atoms with E-state index in [1.807, 2.05) is 60.7 Å². The lowest BCUT2D eigenvalue weighted by atomic mass is 10.1. The summed E-state index contributed by atoms with van der Waals surface area (Å²) in [6.45, 7) is 1.58. The first kappa shape index (κ1) is 15.5. The minimum atomic E-state index is -0.119. The van der Waals surface area contributed by atoms with Gasteiger partial charge >= 0.3 is 0 Å². The molecule has 0 radical (unpaired) electrons. The minimum absolute atomic E-state index is 0.108. The van der Waals surface area contributed by atoms with Gasteiger partial charge < -0.3 is 9.64 Å². The Morgan fingerprint density at radius 1 is 1.04 bits per heavy atom. The third-order valence-corrected chi connectivity index (χ3v) is 4.26. The van der Waals surface area contributed by atoms with Gasteiger partial charge in [-0.25, -0.2) is 4.68 Å². The molecule has 2 aromatic carbocycles. The van der Waals surface area contributed by atoms with E-state index >= 15 is 0 Å². The van der Waals surface area contributed by atoms with Gasteiger partial charge in [-0.2, -0.15) is 0 Å². The Bertz CT molecular complexity index is 848. The lowest BCUT2D eigenvalue weighted by molar-refractivity contribution is -0.0230. The van der Waals surface area contributed by atoms with Gasteiger partial charge in [0, 0.05) is 6.54 Å². The summed E-state index contributed by atoms with van der Waals surface area (Å²) < 4.78 is 7.43. The van der Waals surface area contributed by atoms with Crippen LogP contribution in [0.25, 0.3) is 5.69 Å². The van der Waals surface area contributed by atoms with Gasteiger partial charge in [0.05, 0.1) is 25.0 Å². The first-order valence-corrected chi connectivity index (χ1v) is 8.25. The Morgan fingerprint density at radius 3 is 2.52 bits per heavy atom. The molecule has 3 aromatic rings. The predicted octanol–water partition coefficient (Wildman–Crippen LogP) is 2.48. The number of hydrogen-bond acceptors (Lipinski definition) is 4. The summed E-state index contributed by atoms with van der Waals surface area (Å²) in [5, 5.41) is 8.11. The molecular formula is C19H18N4O2. The minimum Gasteiger partial charge on any atom is -0.370 e. The van der Waals surface area contributed by atoms with E-state index in [1.54, 1.807) is 15.8 Å². The van der Waals surface area contributed by atoms with Crippen molar-refractivity contribution in [2.75, 3.05) is 19.7 Å². The molecular weight excluding hydrogens is 316 g/mol. The number of amides is 1. The summed E-state index contributed by atoms with van der Waals surface area (Å²) in [6.07, 6.45) is 1.56. The summed E-state index contributed by atoms with van der Waals surface area (Å²) in [7, 11) is 0. The van der Waals surface area contributed by atoms with Crippen LogP contribution in [0.15, 0.2) is 66.9 Å². The van der Waals surface area contributed by atoms with Crippen LogP contribution in [0.5, 0.6) is 0 Å². The molecule has 1 saturated heterocycles. The zero-order valence-corrected chi connectivity index (χ0v) is 13.7. The Morgan fingerprint density at radius 2 is 1.76 bits per heavy atom. The molecule has 126 valence electrons. The molecule has 6 nitrogen and oxygen atoms in total. The molecule has 0 unspecified atom stereocenters. The van der Waals surface area contributed by atoms with Crippen LogP contribution in [0.4, 0.5) is 0 Å². The number of rotatable bonds is 3. The van der Waals surface area contributed by atoms with Crippen molar-refractivity contribution in [1.82, 2.24) is 19.9 Å². The second-order valence-electron chi connectivity index (χ2n) is 5.91. The second kappa shape index (κ2) is 6.86. The summed E-state index contributed by atoms with van der Waals surface area (Å²) >= 11 is 0. The molecule has 1 aliphatic rings. The molecule has 4 rings (SSSR count). The number of hydrogen-bond donors (Lipinski definition) is 0. The summed E-state index contributed by atoms with van der Waals surface area (Å²) in [4.78, 5) is 14.6. The summed E-state index contributed by atoms with van der Waals surface area (Å²) in [5.74, 6) is -0.119. The van der Waals surface area contributed by atoms with Crippen LogP contribution < -0.4 is 0 Å². The van der Waals surface area contributed by atoms with Gasteiger partial charge in [-0.05, 0) is 17.7 Å². The number of carbonyl (C=O) groups excluding carboxylic acids is 1. The van der Waals surface area contributed by atoms with Crippen LogP contribution in [0.3, 0.4) is 0 Å². The van der Waals surface area contributed by atoms with Gasteiger partial charge in [-0.15, -0.1) is 5.10 Å². The van der Waals surface area contributed by atoms with Crippen LogP contribution in [0.1, 0.15) is 22.2 Å². The number of carbonyl (C=O) groups is 1. The molecule has 0 N–H and O–H groups in total. The third-order valence-electron chi connectivity index (χ3n) is 4.26. The highest BCUT2D eigenvalue weighted by atomic mass is 16.5. The van der Waals surface area contributed by atoms with E-state index in [1.165, 1.54) is 0 Å². The SMILES string of the molecule is O=C(c1cn(-c2ccccc2)nn1)N1CCO[C@H](c2ccccc2)C1. The first-order chi connectivity index (χ1) is 12.3. The van der Waals surface area contributed by atoms with Crippen LogP contribution in [-0.4, -0.2) is 45.5 Å². The summed E-state index contributed by atoms with van der Waals surface area (Å²) in [5.41, 5.74) is 2.30. The number of aromatic nitrogens is 3. The van der Waals surface area contributed by atoms with Crippen molar-refractivity contribution in [2.24, 2.45) is 0 Å². The van der Waals surface area contributed by atoms with E-state index < -0.39 is 0 Å². The monoisotopic (exact) mass is 334 g/mol. The average Bonchev–Trinajstić information content (AvgIpc) is 3.19. The second-order valence-corrected chi connectivity index (χ2v) is 5.91. The summed E-state index contributed by atoms with van der Waals surface area (Å²) in [6, 6.07) is 19.6. The zero-order chi connectivity index (χ0) is 17.1. The van der Waals surface area contributed by atoms with E-state index in [-0.39, 0.29) is 12.0 Å². The van der Waals surface area contributed by atoms with Gasteiger partial charge in [-0.1, -0.05) is 53.7 Å². The number of morpholine rings is 1. The largest absolute Gasteiger partial charge is 0.370 e. The standard InChI is InChI=1S/C19H18N4O2/c24-19(17-13-23(21-20-17)16-9-5-2-6-10-16)22-11-12-25-18(14-22)15-7-3-1-4-8-15/h1-10,13,18H,11-12,14H2/t18-/m0/s1. The van der Waals surface area contributed by atoms with E-state index in [4.69, 9.17) is 4.74 Å². The van der Waals surface area contributed by atoms with E-state index in [9.17, 15) is 4.79 Å². The third kappa shape index (κ3) is 3.29. The number of nitrogens with zero attached hydrogens (tertiary/aromatic N) is 4. The Hall–Kier alpha value is -2.99. The van der Waals surface area contributed by atoms with Crippen molar-refractivity contribution < 1.29 is 9.53 Å². The van der Waals surface area contributed by atoms with Crippen LogP contribution in [0.2, 0.25) is 0 Å². The molecule has 1 atom stereocenters. The van der Waals surface area contributed by atoms with Gasteiger partial charge in [0.1, 0.15) is 6.10 Å². The molecule has 0 bridgehead atoms. The molecule has 1 fully saturated rings. The molecule has 0 aliphatic carbocycles. The molecule has 2 heterocycles. The lowest BCUT2D eigenvalue weighted by Crippen LogP contribution is -2.42. The fraction of sp³-hybridized carbons (Fsp3) is 0.211. The number of benzene rings is 2. The highest BCUT2D eigenvalue weighted by molar-refractivity contribution is 5.92. The van der Waals surface area contributed by atoms with Crippen molar-refractivity contribution in [3.63, 3.8) is 0 Å². The number of para-hydroxylation sites is 1. The molecule has 25 heavy (non-hydrogen) atoms. The molecule has 1 amide bonds. The molecule has 1 aromatic heterocycles. The van der Waals surface area contributed by atoms with Crippen molar-refractivity contribution in [1.29, 1.82) is 0 Å². The zero-order valence-electron chi connectivity index (χ0n) is 13.7. The Kier molecular flexibility index (Phi) is 4.26. The fourth-order valence-electron chi connectivity index (χ4n) is 2.93. The highest BCUT2D eigenvalue weighted by Gasteiger charge is 2.27. The van der Waals surface area contributed by atoms with Crippen molar-refractivity contribution in [3.8, 4) is 5.69 Å². The molecule has 0 spiro atoms. The van der Waals surface area contributed by atoms with E-state index in [0.29, 0.717) is 25.4 Å². The number of ether oxygens (including phenoxy) is 1. The average molecular weight is 334 g/mol. The van der Waals surface area contributed by atoms with Crippen LogP contribution in [-0.2, 0) is 4.74 Å². The van der Waals surface area contributed by atoms with Crippen molar-refractivity contribution in [2.45, 2.75) is 6.10 Å².